The normalized spacial score (nSPS) is 11.1. The summed E-state index contributed by atoms with van der Waals surface area (Å²) in [4.78, 5) is 4.21. The molecular weight excluding hydrogens is 228 g/mol. The predicted molar refractivity (Wildman–Crippen MR) is 72.8 cm³/mol. The number of nitrogens with two attached hydrogens (primary N) is 1. The molecule has 0 saturated carbocycles. The molecule has 3 heteroatoms. The Morgan fingerprint density at radius 2 is 2.18 bits per heavy atom. The summed E-state index contributed by atoms with van der Waals surface area (Å²) in [5.74, 6) is 0.652. The van der Waals surface area contributed by atoms with Gasteiger partial charge in [0.1, 0.15) is 0 Å². The fourth-order valence-electron chi connectivity index (χ4n) is 1.93. The molecule has 2 aromatic rings. The first-order chi connectivity index (χ1) is 8.20. The Morgan fingerprint density at radius 3 is 2.76 bits per heavy atom. The molecule has 0 saturated heterocycles. The van der Waals surface area contributed by atoms with E-state index in [-0.39, 0.29) is 0 Å². The van der Waals surface area contributed by atoms with Gasteiger partial charge in [-0.2, -0.15) is 0 Å². The molecule has 0 amide bonds. The van der Waals surface area contributed by atoms with Crippen LogP contribution in [-0.4, -0.2) is 4.98 Å². The lowest BCUT2D eigenvalue weighted by molar-refractivity contribution is 0.643. The summed E-state index contributed by atoms with van der Waals surface area (Å²) < 4.78 is 0. The highest BCUT2D eigenvalue weighted by molar-refractivity contribution is 7.07. The molecule has 0 aliphatic heterocycles. The molecule has 17 heavy (non-hydrogen) atoms. The van der Waals surface area contributed by atoms with E-state index in [0.717, 1.165) is 17.7 Å². The Morgan fingerprint density at radius 1 is 1.35 bits per heavy atom. The Labute approximate surface area is 107 Å². The zero-order valence-corrected chi connectivity index (χ0v) is 11.1. The van der Waals surface area contributed by atoms with Gasteiger partial charge in [0.2, 0.25) is 0 Å². The Bertz CT molecular complexity index is 475. The minimum Gasteiger partial charge on any atom is -0.326 e. The highest BCUT2D eigenvalue weighted by atomic mass is 32.1. The number of rotatable bonds is 4. The molecule has 0 unspecified atom stereocenters. The fraction of sp³-hybridized carbons (Fsp3) is 0.357. The van der Waals surface area contributed by atoms with Crippen molar-refractivity contribution in [1.29, 1.82) is 0 Å². The van der Waals surface area contributed by atoms with Crippen LogP contribution in [0.15, 0.2) is 23.6 Å². The van der Waals surface area contributed by atoms with Gasteiger partial charge in [-0.15, -0.1) is 11.3 Å². The van der Waals surface area contributed by atoms with Crippen LogP contribution in [0.4, 0.5) is 0 Å². The van der Waals surface area contributed by atoms with Crippen LogP contribution < -0.4 is 5.73 Å². The summed E-state index contributed by atoms with van der Waals surface area (Å²) in [6.45, 7) is 5.04. The third kappa shape index (κ3) is 2.93. The lowest BCUT2D eigenvalue weighted by Gasteiger charge is -2.11. The van der Waals surface area contributed by atoms with Crippen molar-refractivity contribution in [2.45, 2.75) is 26.8 Å². The number of hydrogen-bond donors (Lipinski definition) is 1. The van der Waals surface area contributed by atoms with Crippen molar-refractivity contribution >= 4 is 11.3 Å². The molecule has 89 valence electrons. The summed E-state index contributed by atoms with van der Waals surface area (Å²) in [6, 6.07) is 6.46. The molecule has 0 spiro atoms. The molecule has 0 aliphatic rings. The van der Waals surface area contributed by atoms with Crippen molar-refractivity contribution in [3.63, 3.8) is 0 Å². The Hall–Kier alpha value is -1.19. The molecule has 0 bridgehead atoms. The molecule has 2 nitrogen and oxygen atoms in total. The maximum absolute atomic E-state index is 5.82. The Balaban J connectivity index is 2.34. The zero-order chi connectivity index (χ0) is 12.3. The van der Waals surface area contributed by atoms with E-state index in [9.17, 15) is 0 Å². The number of thiazole rings is 1. The van der Waals surface area contributed by atoms with Crippen molar-refractivity contribution < 1.29 is 0 Å². The van der Waals surface area contributed by atoms with Crippen LogP contribution in [0.25, 0.3) is 11.3 Å². The van der Waals surface area contributed by atoms with Gasteiger partial charge < -0.3 is 5.73 Å². The topological polar surface area (TPSA) is 38.9 Å². The minimum absolute atomic E-state index is 0.587. The largest absolute Gasteiger partial charge is 0.326 e. The standard InChI is InChI=1S/C14H17N2S/c1-10(2)5-11-3-4-12(6-13(11)7-15)14-8-17-9-16-14/h3-4,6,8,10H,5,7,15H2,1-2H3. The van der Waals surface area contributed by atoms with E-state index in [4.69, 9.17) is 5.73 Å². The average molecular weight is 245 g/mol. The fourth-order valence-corrected chi connectivity index (χ4v) is 2.44. The van der Waals surface area contributed by atoms with Crippen LogP contribution in [0.3, 0.4) is 0 Å². The number of aromatic nitrogens is 1. The van der Waals surface area contributed by atoms with E-state index in [1.165, 1.54) is 22.5 Å². The van der Waals surface area contributed by atoms with E-state index in [1.807, 2.05) is 5.38 Å². The summed E-state index contributed by atoms with van der Waals surface area (Å²) in [6.07, 6.45) is 1.08. The van der Waals surface area contributed by atoms with Gasteiger partial charge in [0, 0.05) is 17.5 Å². The monoisotopic (exact) mass is 245 g/mol. The summed E-state index contributed by atoms with van der Waals surface area (Å²) in [7, 11) is 0. The molecule has 1 heterocycles. The van der Waals surface area contributed by atoms with E-state index in [1.54, 1.807) is 0 Å². The van der Waals surface area contributed by atoms with Gasteiger partial charge in [-0.05, 0) is 29.5 Å². The van der Waals surface area contributed by atoms with Crippen molar-refractivity contribution in [1.82, 2.24) is 4.98 Å². The molecular formula is C14H17N2S. The first-order valence-electron chi connectivity index (χ1n) is 5.84. The van der Waals surface area contributed by atoms with E-state index < -0.39 is 0 Å². The highest BCUT2D eigenvalue weighted by Crippen LogP contribution is 2.23. The quantitative estimate of drug-likeness (QED) is 0.898. The first kappa shape index (κ1) is 12.3. The zero-order valence-electron chi connectivity index (χ0n) is 10.2. The van der Waals surface area contributed by atoms with Crippen LogP contribution in [0.1, 0.15) is 25.0 Å². The second kappa shape index (κ2) is 5.43. The van der Waals surface area contributed by atoms with Crippen LogP contribution in [-0.2, 0) is 13.0 Å². The number of benzene rings is 1. The lowest BCUT2D eigenvalue weighted by Crippen LogP contribution is -2.04. The number of hydrogen-bond acceptors (Lipinski definition) is 3. The summed E-state index contributed by atoms with van der Waals surface area (Å²) >= 11 is 1.50. The molecule has 0 aliphatic carbocycles. The number of nitrogens with zero attached hydrogens (tertiary/aromatic N) is 1. The minimum atomic E-state index is 0.587. The van der Waals surface area contributed by atoms with Crippen molar-refractivity contribution in [2.75, 3.05) is 0 Å². The highest BCUT2D eigenvalue weighted by Gasteiger charge is 2.07. The van der Waals surface area contributed by atoms with Gasteiger partial charge in [-0.1, -0.05) is 26.0 Å². The van der Waals surface area contributed by atoms with Crippen molar-refractivity contribution in [3.8, 4) is 11.3 Å². The molecule has 0 fully saturated rings. The Kier molecular flexibility index (Phi) is 3.92. The van der Waals surface area contributed by atoms with Gasteiger partial charge in [0.05, 0.1) is 5.69 Å². The van der Waals surface area contributed by atoms with Gasteiger partial charge >= 0.3 is 0 Å². The van der Waals surface area contributed by atoms with Gasteiger partial charge in [0.15, 0.2) is 5.51 Å². The van der Waals surface area contributed by atoms with Gasteiger partial charge in [0.25, 0.3) is 0 Å². The van der Waals surface area contributed by atoms with E-state index >= 15 is 0 Å². The van der Waals surface area contributed by atoms with Crippen molar-refractivity contribution in [3.05, 3.63) is 40.2 Å². The second-order valence-corrected chi connectivity index (χ2v) is 5.26. The lowest BCUT2D eigenvalue weighted by atomic mass is 9.95. The maximum atomic E-state index is 5.82. The first-order valence-corrected chi connectivity index (χ1v) is 6.72. The van der Waals surface area contributed by atoms with Crippen LogP contribution in [0, 0.1) is 11.4 Å². The third-order valence-electron chi connectivity index (χ3n) is 2.74. The van der Waals surface area contributed by atoms with Crippen molar-refractivity contribution in [2.24, 2.45) is 11.7 Å². The molecule has 1 aromatic carbocycles. The maximum Gasteiger partial charge on any atom is 0.152 e. The van der Waals surface area contributed by atoms with Gasteiger partial charge in [-0.25, -0.2) is 4.98 Å². The second-order valence-electron chi connectivity index (χ2n) is 4.61. The molecule has 0 atom stereocenters. The predicted octanol–water partition coefficient (Wildman–Crippen LogP) is 3.27. The molecule has 2 N–H and O–H groups in total. The molecule has 1 aromatic heterocycles. The van der Waals surface area contributed by atoms with Crippen LogP contribution in [0.5, 0.6) is 0 Å². The van der Waals surface area contributed by atoms with Gasteiger partial charge in [-0.3, -0.25) is 0 Å². The SMILES string of the molecule is CC(C)Cc1ccc(-c2cs[c]n2)cc1CN. The third-order valence-corrected chi connectivity index (χ3v) is 3.28. The van der Waals surface area contributed by atoms with Crippen LogP contribution in [0.2, 0.25) is 0 Å². The average Bonchev–Trinajstić information content (AvgIpc) is 2.82. The molecule has 1 radical (unpaired) electrons. The smallest absolute Gasteiger partial charge is 0.152 e. The summed E-state index contributed by atoms with van der Waals surface area (Å²) in [5, 5.41) is 2.01. The van der Waals surface area contributed by atoms with Crippen LogP contribution >= 0.6 is 11.3 Å². The van der Waals surface area contributed by atoms with E-state index in [2.05, 4.69) is 42.5 Å². The molecule has 2 rings (SSSR count). The van der Waals surface area contributed by atoms with E-state index in [0.29, 0.717) is 12.5 Å². The summed E-state index contributed by atoms with van der Waals surface area (Å²) in [5.41, 5.74) is 13.4.